The van der Waals surface area contributed by atoms with Crippen LogP contribution in [-0.4, -0.2) is 25.8 Å². The summed E-state index contributed by atoms with van der Waals surface area (Å²) < 4.78 is 71.7. The predicted molar refractivity (Wildman–Crippen MR) is 369 cm³/mol. The van der Waals surface area contributed by atoms with E-state index in [-0.39, 0.29) is 44.5 Å². The second kappa shape index (κ2) is 22.8. The first-order valence-electron chi connectivity index (χ1n) is 30.1. The smallest absolute Gasteiger partial charge is 0.194 e. The fourth-order valence-electron chi connectivity index (χ4n) is 14.3. The lowest BCUT2D eigenvalue weighted by Gasteiger charge is -2.35. The molecule has 4 aliphatic carbocycles. The highest BCUT2D eigenvalue weighted by atomic mass is 32.1. The molecule has 0 saturated heterocycles. The van der Waals surface area contributed by atoms with Crippen LogP contribution in [0.2, 0.25) is 0 Å². The number of thiophene rings is 4. The van der Waals surface area contributed by atoms with Gasteiger partial charge in [0.15, 0.2) is 34.8 Å². The number of fused-ring (bicyclic) bond motifs is 8. The van der Waals surface area contributed by atoms with Crippen molar-refractivity contribution in [3.8, 4) is 76.2 Å². The van der Waals surface area contributed by atoms with Crippen molar-refractivity contribution in [1.29, 1.82) is 21.0 Å². The monoisotopic (exact) mass is 1330 g/mol. The number of halogens is 4. The molecule has 0 radical (unpaired) electrons. The average Bonchev–Trinajstić information content (AvgIpc) is 1.50. The molecule has 0 aliphatic heterocycles. The molecule has 16 heteroatoms. The highest BCUT2D eigenvalue weighted by molar-refractivity contribution is 7.25. The summed E-state index contributed by atoms with van der Waals surface area (Å²) in [5.41, 5.74) is 11.2. The van der Waals surface area contributed by atoms with Crippen LogP contribution < -0.4 is 9.47 Å². The van der Waals surface area contributed by atoms with Gasteiger partial charge in [0.2, 0.25) is 0 Å². The molecule has 4 heterocycles. The molecule has 15 rings (SSSR count). The summed E-state index contributed by atoms with van der Waals surface area (Å²) in [5.74, 6) is -5.24. The van der Waals surface area contributed by atoms with Crippen molar-refractivity contribution in [2.45, 2.75) is 38.5 Å². The minimum Gasteiger partial charge on any atom is -0.495 e. The number of methoxy groups -OCH3 is 2. The highest BCUT2D eigenvalue weighted by Crippen LogP contribution is 2.67. The van der Waals surface area contributed by atoms with Crippen molar-refractivity contribution < 1.29 is 36.6 Å². The first kappa shape index (κ1) is 61.1. The van der Waals surface area contributed by atoms with Crippen LogP contribution in [0.3, 0.4) is 0 Å². The first-order valence-corrected chi connectivity index (χ1v) is 33.4. The minimum absolute atomic E-state index is 0.0409. The fourth-order valence-corrected chi connectivity index (χ4v) is 19.1. The summed E-state index contributed by atoms with van der Waals surface area (Å²) in [6, 6.07) is 58.2. The number of hydrogen-bond donors (Lipinski definition) is 0. The van der Waals surface area contributed by atoms with Gasteiger partial charge in [0.1, 0.15) is 46.9 Å². The maximum absolute atomic E-state index is 14.9. The van der Waals surface area contributed by atoms with Crippen molar-refractivity contribution in [2.75, 3.05) is 14.2 Å². The number of aryl methyl sites for hydroxylation is 4. The van der Waals surface area contributed by atoms with Crippen molar-refractivity contribution in [1.82, 2.24) is 0 Å². The van der Waals surface area contributed by atoms with Crippen LogP contribution in [0.1, 0.15) is 108 Å². The number of nitriles is 4. The zero-order valence-corrected chi connectivity index (χ0v) is 55.0. The summed E-state index contributed by atoms with van der Waals surface area (Å²) in [6.45, 7) is 8.26. The van der Waals surface area contributed by atoms with Gasteiger partial charge in [0, 0.05) is 62.7 Å². The third kappa shape index (κ3) is 8.98. The van der Waals surface area contributed by atoms with Gasteiger partial charge in [-0.3, -0.25) is 9.59 Å². The van der Waals surface area contributed by atoms with Gasteiger partial charge >= 0.3 is 0 Å². The number of ketones is 2. The summed E-state index contributed by atoms with van der Waals surface area (Å²) in [7, 11) is 3.13. The maximum Gasteiger partial charge on any atom is 0.194 e. The average molecular weight is 1330 g/mol. The number of benzene rings is 7. The molecule has 7 aromatic carbocycles. The lowest BCUT2D eigenvalue weighted by Crippen LogP contribution is -2.30. The lowest BCUT2D eigenvalue weighted by atomic mass is 9.65. The van der Waals surface area contributed by atoms with Gasteiger partial charge < -0.3 is 9.47 Å². The third-order valence-corrected chi connectivity index (χ3v) is 23.5. The Morgan fingerprint density at radius 3 is 0.979 bits per heavy atom. The number of carbonyl (C=O) groups excluding carboxylic acids is 2. The zero-order valence-electron chi connectivity index (χ0n) is 51.7. The Bertz CT molecular complexity index is 5140. The Kier molecular flexibility index (Phi) is 14.5. The molecule has 8 nitrogen and oxygen atoms in total. The van der Waals surface area contributed by atoms with E-state index in [0.717, 1.165) is 131 Å². The molecule has 0 N–H and O–H groups in total. The molecular weight excluding hydrogens is 1290 g/mol. The second-order valence-corrected chi connectivity index (χ2v) is 28.3. The number of carbonyl (C=O) groups is 2. The number of rotatable bonds is 10. The van der Waals surface area contributed by atoms with E-state index in [9.17, 15) is 48.2 Å². The second-order valence-electron chi connectivity index (χ2n) is 24.1. The quantitative estimate of drug-likeness (QED) is 0.0747. The number of ether oxygens (including phenoxy) is 2. The van der Waals surface area contributed by atoms with E-state index in [2.05, 4.69) is 149 Å². The van der Waals surface area contributed by atoms with E-state index >= 15 is 0 Å². The molecule has 96 heavy (non-hydrogen) atoms. The van der Waals surface area contributed by atoms with E-state index in [1.165, 1.54) is 22.7 Å². The Labute approximate surface area is 565 Å². The predicted octanol–water partition coefficient (Wildman–Crippen LogP) is 20.0. The zero-order chi connectivity index (χ0) is 67.0. The van der Waals surface area contributed by atoms with Gasteiger partial charge in [-0.15, -0.1) is 45.3 Å². The molecule has 0 unspecified atom stereocenters. The number of allylic oxidation sites excluding steroid dienone is 6. The van der Waals surface area contributed by atoms with Crippen LogP contribution in [0, 0.1) is 96.3 Å². The van der Waals surface area contributed by atoms with Crippen LogP contribution in [0.25, 0.3) is 63.7 Å². The topological polar surface area (TPSA) is 148 Å². The van der Waals surface area contributed by atoms with E-state index in [1.807, 2.05) is 24.3 Å². The van der Waals surface area contributed by atoms with E-state index < -0.39 is 56.8 Å². The number of hydrogen-bond acceptors (Lipinski definition) is 12. The van der Waals surface area contributed by atoms with Crippen molar-refractivity contribution in [3.63, 3.8) is 0 Å². The normalized spacial score (nSPS) is 14.9. The minimum atomic E-state index is -1.23. The van der Waals surface area contributed by atoms with Crippen molar-refractivity contribution >= 4 is 80.2 Å². The molecule has 4 aliphatic rings. The summed E-state index contributed by atoms with van der Waals surface area (Å²) >= 11 is 5.91. The van der Waals surface area contributed by atoms with Gasteiger partial charge in [-0.25, -0.2) is 17.6 Å². The maximum atomic E-state index is 14.9. The Hall–Kier alpha value is -11.1. The molecule has 0 atom stereocenters. The van der Waals surface area contributed by atoms with Crippen LogP contribution in [0.15, 0.2) is 180 Å². The number of Topliss-reactive ketones (excluding diaryl/α,β-unsaturated/α-hetero) is 2. The van der Waals surface area contributed by atoms with Crippen LogP contribution in [0.5, 0.6) is 11.5 Å². The van der Waals surface area contributed by atoms with Gasteiger partial charge in [0.05, 0.1) is 34.8 Å². The molecule has 0 saturated carbocycles. The van der Waals surface area contributed by atoms with Crippen LogP contribution >= 0.6 is 45.3 Å². The Morgan fingerprint density at radius 2 is 0.688 bits per heavy atom. The molecule has 11 aromatic rings. The number of nitrogens with zero attached hydrogens (tertiary/aromatic N) is 4. The van der Waals surface area contributed by atoms with Crippen molar-refractivity contribution in [2.24, 2.45) is 0 Å². The third-order valence-electron chi connectivity index (χ3n) is 18.7. The Morgan fingerprint density at radius 1 is 0.385 bits per heavy atom. The molecule has 0 bridgehead atoms. The molecular formula is C80H46F4N4O4S4. The Balaban J connectivity index is 0.973. The van der Waals surface area contributed by atoms with E-state index in [0.29, 0.717) is 21.3 Å². The molecule has 0 amide bonds. The standard InChI is InChI=1S/C80H46F4N4O4S4/c1-39-7-15-45(16-8-39)79(46-17-9-40(2)10-18-46)59-27-56-60(28-55(59)75-61(79)33-69(95-75)77-67(91-5)25-49(93-77)23-57-71(43(35-85)36-86)51-29-63(81)65(83)31-53(51)73(57)89)80(47-19-11-41(3)12-20-47,48-21-13-42(4)14-22-48)62-34-70(96-76(56)62)78-68(92-6)26-50(94-78)24-58-72(44(37-87)38-88)52-30-64(82)66(84)32-54(52)74(58)90/h7-34H,1-6H3/b57-23-,58-24-. The summed E-state index contributed by atoms with van der Waals surface area (Å²) in [5, 5.41) is 40.5. The first-order chi connectivity index (χ1) is 46.4. The molecule has 462 valence electrons. The van der Waals surface area contributed by atoms with Gasteiger partial charge in [0.25, 0.3) is 0 Å². The van der Waals surface area contributed by atoms with Crippen LogP contribution in [-0.2, 0) is 10.8 Å². The molecule has 0 spiro atoms. The fraction of sp³-hybridized carbons (Fsp3) is 0.100. The largest absolute Gasteiger partial charge is 0.495 e. The lowest BCUT2D eigenvalue weighted by molar-refractivity contribution is 0.103. The SMILES string of the molecule is COc1cc(/C=C2\C(=O)c3cc(F)c(F)cc3C2=C(C#N)C#N)sc1-c1cc2c(s1)-c1cc3c(cc1C2(c1ccc(C)cc1)c1ccc(C)cc1)-c1sc(-c2sc(/C=C4\C(=O)c5cc(F)c(F)cc5C4=C(C#N)C#N)cc2OC)cc1C3(c1ccc(C)cc1)c1ccc(C)cc1. The molecule has 4 aromatic heterocycles. The summed E-state index contributed by atoms with van der Waals surface area (Å²) in [4.78, 5) is 34.7. The van der Waals surface area contributed by atoms with Gasteiger partial charge in [-0.05, 0) is 167 Å². The summed E-state index contributed by atoms with van der Waals surface area (Å²) in [6.07, 6.45) is 3.10. The van der Waals surface area contributed by atoms with Crippen molar-refractivity contribution in [3.05, 3.63) is 302 Å². The molecule has 0 fully saturated rings. The van der Waals surface area contributed by atoms with Gasteiger partial charge in [-0.1, -0.05) is 119 Å². The van der Waals surface area contributed by atoms with E-state index in [1.54, 1.807) is 61.2 Å². The van der Waals surface area contributed by atoms with E-state index in [4.69, 9.17) is 9.47 Å². The van der Waals surface area contributed by atoms with Crippen LogP contribution in [0.4, 0.5) is 17.6 Å². The van der Waals surface area contributed by atoms with Gasteiger partial charge in [-0.2, -0.15) is 21.0 Å². The highest BCUT2D eigenvalue weighted by Gasteiger charge is 2.53.